The zero-order valence-electron chi connectivity index (χ0n) is 35.0. The zero-order chi connectivity index (χ0) is 40.1. The van der Waals surface area contributed by atoms with Crippen molar-refractivity contribution in [1.29, 1.82) is 10.5 Å². The van der Waals surface area contributed by atoms with E-state index in [0.29, 0.717) is 47.0 Å². The summed E-state index contributed by atoms with van der Waals surface area (Å²) in [5, 5.41) is 20.2. The first-order valence-corrected chi connectivity index (χ1v) is 21.5. The van der Waals surface area contributed by atoms with E-state index in [1.807, 2.05) is 60.7 Å². The van der Waals surface area contributed by atoms with E-state index in [2.05, 4.69) is 26.0 Å². The Balaban J connectivity index is 1.55. The van der Waals surface area contributed by atoms with Crippen molar-refractivity contribution < 1.29 is 18.9 Å². The highest BCUT2D eigenvalue weighted by Gasteiger charge is 2.13. The van der Waals surface area contributed by atoms with E-state index in [1.165, 1.54) is 116 Å². The Bertz CT molecular complexity index is 1540. The fourth-order valence-corrected chi connectivity index (χ4v) is 6.86. The second-order valence-corrected chi connectivity index (χ2v) is 14.8. The van der Waals surface area contributed by atoms with Gasteiger partial charge in [-0.1, -0.05) is 129 Å². The van der Waals surface area contributed by atoms with E-state index in [9.17, 15) is 10.5 Å². The summed E-state index contributed by atoms with van der Waals surface area (Å²) in [6, 6.07) is 23.7. The molecule has 3 aromatic carbocycles. The largest absolute Gasteiger partial charge is 0.496 e. The van der Waals surface area contributed by atoms with Crippen LogP contribution in [-0.4, -0.2) is 27.4 Å². The van der Waals surface area contributed by atoms with Gasteiger partial charge in [-0.3, -0.25) is 0 Å². The molecule has 0 bridgehead atoms. The maximum Gasteiger partial charge on any atom is 0.126 e. The number of hydrogen-bond donors (Lipinski definition) is 0. The van der Waals surface area contributed by atoms with Gasteiger partial charge in [0.05, 0.1) is 50.7 Å². The highest BCUT2D eigenvalue weighted by atomic mass is 16.5. The number of unbranched alkanes of at least 4 members (excludes halogenated alkanes) is 18. The summed E-state index contributed by atoms with van der Waals surface area (Å²) in [6.45, 7) is 5.91. The second kappa shape index (κ2) is 28.7. The van der Waals surface area contributed by atoms with Gasteiger partial charge in [0.2, 0.25) is 0 Å². The molecular weight excluding hydrogens is 693 g/mol. The molecule has 0 aromatic heterocycles. The summed E-state index contributed by atoms with van der Waals surface area (Å²) in [7, 11) is 3.19. The molecule has 0 radical (unpaired) electrons. The summed E-state index contributed by atoms with van der Waals surface area (Å²) in [5.41, 5.74) is 3.94. The van der Waals surface area contributed by atoms with E-state index < -0.39 is 0 Å². The van der Waals surface area contributed by atoms with Crippen LogP contribution in [0, 0.1) is 22.7 Å². The van der Waals surface area contributed by atoms with Crippen LogP contribution in [0.5, 0.6) is 23.0 Å². The normalized spacial score (nSPS) is 11.5. The Labute approximate surface area is 339 Å². The maximum absolute atomic E-state index is 10.1. The average Bonchev–Trinajstić information content (AvgIpc) is 3.23. The molecule has 0 atom stereocenters. The van der Waals surface area contributed by atoms with Crippen molar-refractivity contribution in [2.75, 3.05) is 27.4 Å². The number of nitrogens with zero attached hydrogens (tertiary/aromatic N) is 2. The average molecular weight is 761 g/mol. The summed E-state index contributed by atoms with van der Waals surface area (Å²) in [4.78, 5) is 0. The minimum absolute atomic E-state index is 0.489. The van der Waals surface area contributed by atoms with Gasteiger partial charge in [0, 0.05) is 11.1 Å². The number of allylic oxidation sites excluding steroid dienone is 2. The smallest absolute Gasteiger partial charge is 0.126 e. The van der Waals surface area contributed by atoms with Crippen molar-refractivity contribution in [3.63, 3.8) is 0 Å². The fraction of sp³-hybridized carbons (Fsp3) is 0.520. The molecule has 302 valence electrons. The lowest BCUT2D eigenvalue weighted by molar-refractivity contribution is 0.304. The lowest BCUT2D eigenvalue weighted by Crippen LogP contribution is -1.97. The molecule has 0 spiro atoms. The van der Waals surface area contributed by atoms with Crippen molar-refractivity contribution in [2.45, 2.75) is 142 Å². The lowest BCUT2D eigenvalue weighted by Gasteiger charge is -2.13. The quantitative estimate of drug-likeness (QED) is 0.0382. The molecule has 6 heteroatoms. The minimum atomic E-state index is 0.489. The van der Waals surface area contributed by atoms with Crippen LogP contribution < -0.4 is 18.9 Å². The van der Waals surface area contributed by atoms with Crippen LogP contribution in [0.3, 0.4) is 0 Å². The third-order valence-corrected chi connectivity index (χ3v) is 10.3. The maximum atomic E-state index is 10.1. The van der Waals surface area contributed by atoms with Gasteiger partial charge < -0.3 is 18.9 Å². The molecule has 0 saturated carbocycles. The Morgan fingerprint density at radius 2 is 0.768 bits per heavy atom. The highest BCUT2D eigenvalue weighted by molar-refractivity contribution is 5.93. The third-order valence-electron chi connectivity index (χ3n) is 10.3. The van der Waals surface area contributed by atoms with Crippen LogP contribution in [0.2, 0.25) is 0 Å². The second-order valence-electron chi connectivity index (χ2n) is 14.8. The summed E-state index contributed by atoms with van der Waals surface area (Å²) in [5.74, 6) is 2.73. The SMILES string of the molecule is CCCCCCCCCCCCOc1ccc(C(C#N)=Cc2cc(OC)c(C=C(C#N)c3ccc(OCCCCCCCCCCCC)cc3)cc2OC)cc1. The minimum Gasteiger partial charge on any atom is -0.496 e. The van der Waals surface area contributed by atoms with Crippen LogP contribution >= 0.6 is 0 Å². The Kier molecular flexibility index (Phi) is 23.4. The lowest BCUT2D eigenvalue weighted by atomic mass is 9.99. The molecule has 56 heavy (non-hydrogen) atoms. The van der Waals surface area contributed by atoms with Crippen molar-refractivity contribution in [2.24, 2.45) is 0 Å². The Morgan fingerprint density at radius 1 is 0.464 bits per heavy atom. The summed E-state index contributed by atoms with van der Waals surface area (Å²) < 4.78 is 23.5. The summed E-state index contributed by atoms with van der Waals surface area (Å²) >= 11 is 0. The molecular formula is C50H68N2O4. The van der Waals surface area contributed by atoms with Crippen molar-refractivity contribution >= 4 is 23.3 Å². The molecule has 3 rings (SSSR count). The number of hydrogen-bond acceptors (Lipinski definition) is 6. The van der Waals surface area contributed by atoms with Gasteiger partial charge in [0.15, 0.2) is 0 Å². The van der Waals surface area contributed by atoms with E-state index in [4.69, 9.17) is 18.9 Å². The number of methoxy groups -OCH3 is 2. The predicted molar refractivity (Wildman–Crippen MR) is 234 cm³/mol. The van der Waals surface area contributed by atoms with Crippen LogP contribution in [-0.2, 0) is 0 Å². The standard InChI is InChI=1S/C50H68N2O4/c1-5-7-9-11-13-15-17-19-21-23-33-55-47-29-25-41(26-30-47)45(39-51)35-43-37-50(54-4)44(38-49(43)53-3)36-46(40-52)42-27-31-48(32-28-42)56-34-24-22-20-18-16-14-12-10-8-6-2/h25-32,35-38H,5-24,33-34H2,1-4H3. The Hall–Kier alpha value is -4.68. The molecule has 0 amide bonds. The van der Waals surface area contributed by atoms with E-state index in [-0.39, 0.29) is 0 Å². The van der Waals surface area contributed by atoms with E-state index >= 15 is 0 Å². The van der Waals surface area contributed by atoms with E-state index in [1.54, 1.807) is 26.4 Å². The predicted octanol–water partition coefficient (Wildman–Crippen LogP) is 14.4. The van der Waals surface area contributed by atoms with Crippen LogP contribution in [0.4, 0.5) is 0 Å². The zero-order valence-corrected chi connectivity index (χ0v) is 35.0. The molecule has 0 saturated heterocycles. The van der Waals surface area contributed by atoms with Crippen LogP contribution in [0.15, 0.2) is 60.7 Å². The number of ether oxygens (including phenoxy) is 4. The molecule has 0 aliphatic rings. The van der Waals surface area contributed by atoms with Gasteiger partial charge in [0.1, 0.15) is 23.0 Å². The van der Waals surface area contributed by atoms with Crippen molar-refractivity contribution in [1.82, 2.24) is 0 Å². The molecule has 6 nitrogen and oxygen atoms in total. The van der Waals surface area contributed by atoms with Gasteiger partial charge in [-0.15, -0.1) is 0 Å². The molecule has 0 unspecified atom stereocenters. The first-order valence-electron chi connectivity index (χ1n) is 21.5. The van der Waals surface area contributed by atoms with Gasteiger partial charge in [0.25, 0.3) is 0 Å². The first kappa shape index (κ1) is 45.7. The van der Waals surface area contributed by atoms with Crippen molar-refractivity contribution in [3.8, 4) is 35.1 Å². The van der Waals surface area contributed by atoms with Gasteiger partial charge >= 0.3 is 0 Å². The fourth-order valence-electron chi connectivity index (χ4n) is 6.86. The number of nitriles is 2. The monoisotopic (exact) mass is 761 g/mol. The highest BCUT2D eigenvalue weighted by Crippen LogP contribution is 2.35. The summed E-state index contributed by atoms with van der Waals surface area (Å²) in [6.07, 6.45) is 29.4. The molecule has 0 fully saturated rings. The number of rotatable bonds is 30. The molecule has 0 heterocycles. The van der Waals surface area contributed by atoms with Crippen LogP contribution in [0.1, 0.15) is 165 Å². The molecule has 0 aliphatic heterocycles. The molecule has 0 aliphatic carbocycles. The van der Waals surface area contributed by atoms with Gasteiger partial charge in [-0.25, -0.2) is 0 Å². The third kappa shape index (κ3) is 17.4. The first-order chi connectivity index (χ1) is 27.6. The molecule has 0 N–H and O–H groups in total. The molecule has 3 aromatic rings. The number of benzene rings is 3. The van der Waals surface area contributed by atoms with Crippen LogP contribution in [0.25, 0.3) is 23.3 Å². The topological polar surface area (TPSA) is 84.5 Å². The van der Waals surface area contributed by atoms with Gasteiger partial charge in [-0.05, 0) is 96.8 Å². The van der Waals surface area contributed by atoms with E-state index in [0.717, 1.165) is 35.5 Å². The van der Waals surface area contributed by atoms with Crippen molar-refractivity contribution in [3.05, 3.63) is 82.9 Å². The van der Waals surface area contributed by atoms with Gasteiger partial charge in [-0.2, -0.15) is 10.5 Å². The Morgan fingerprint density at radius 3 is 1.05 bits per heavy atom.